The van der Waals surface area contributed by atoms with Crippen molar-refractivity contribution < 1.29 is 4.79 Å². The van der Waals surface area contributed by atoms with E-state index < -0.39 is 5.54 Å². The van der Waals surface area contributed by atoms with Gasteiger partial charge < -0.3 is 10.2 Å². The molecule has 92 valence electrons. The lowest BCUT2D eigenvalue weighted by Gasteiger charge is -2.42. The molecular weight excluding hydrogens is 282 g/mol. The van der Waals surface area contributed by atoms with Crippen molar-refractivity contribution in [1.29, 1.82) is 0 Å². The lowest BCUT2D eigenvalue weighted by Crippen LogP contribution is -2.62. The molecule has 1 saturated heterocycles. The van der Waals surface area contributed by atoms with Gasteiger partial charge in [-0.3, -0.25) is 4.79 Å². The highest BCUT2D eigenvalue weighted by atomic mass is 79.9. The summed E-state index contributed by atoms with van der Waals surface area (Å²) in [6.07, 6.45) is 1.78. The Morgan fingerprint density at radius 2 is 2.24 bits per heavy atom. The van der Waals surface area contributed by atoms with E-state index >= 15 is 0 Å². The number of halogens is 1. The Morgan fingerprint density at radius 1 is 1.53 bits per heavy atom. The minimum atomic E-state index is -0.568. The number of carbonyl (C=O) groups excluding carboxylic acids is 1. The minimum Gasteiger partial charge on any atom is -0.352 e. The fourth-order valence-electron chi connectivity index (χ4n) is 1.98. The van der Waals surface area contributed by atoms with Gasteiger partial charge in [0.15, 0.2) is 0 Å². The molecule has 0 radical (unpaired) electrons. The van der Waals surface area contributed by atoms with Crippen LogP contribution >= 0.6 is 15.9 Å². The first kappa shape index (κ1) is 12.4. The van der Waals surface area contributed by atoms with Gasteiger partial charge in [0, 0.05) is 19.3 Å². The zero-order chi connectivity index (χ0) is 12.6. The summed E-state index contributed by atoms with van der Waals surface area (Å²) in [5.74, 6) is 0.879. The molecule has 0 saturated carbocycles. The van der Waals surface area contributed by atoms with E-state index in [0.29, 0.717) is 6.54 Å². The van der Waals surface area contributed by atoms with Crippen LogP contribution in [0.2, 0.25) is 0 Å². The maximum Gasteiger partial charge on any atom is 0.245 e. The first-order valence-corrected chi connectivity index (χ1v) is 6.41. The van der Waals surface area contributed by atoms with E-state index in [2.05, 4.69) is 26.2 Å². The third-order valence-electron chi connectivity index (χ3n) is 3.17. The van der Waals surface area contributed by atoms with Gasteiger partial charge in [0.2, 0.25) is 5.91 Å². The van der Waals surface area contributed by atoms with Gasteiger partial charge in [-0.2, -0.15) is 0 Å². The molecule has 0 aliphatic carbocycles. The zero-order valence-corrected chi connectivity index (χ0v) is 11.8. The van der Waals surface area contributed by atoms with Crippen LogP contribution in [0.1, 0.15) is 19.4 Å². The highest BCUT2D eigenvalue weighted by Crippen LogP contribution is 2.32. The molecule has 0 bridgehead atoms. The van der Waals surface area contributed by atoms with Crippen LogP contribution < -0.4 is 10.2 Å². The summed E-state index contributed by atoms with van der Waals surface area (Å²) in [7, 11) is 0. The Hall–Kier alpha value is -1.10. The van der Waals surface area contributed by atoms with Crippen LogP contribution in [0.25, 0.3) is 0 Å². The highest BCUT2D eigenvalue weighted by molar-refractivity contribution is 9.10. The molecule has 1 aromatic heterocycles. The van der Waals surface area contributed by atoms with Gasteiger partial charge >= 0.3 is 0 Å². The summed E-state index contributed by atoms with van der Waals surface area (Å²) in [5.41, 5.74) is 0.554. The molecule has 1 fully saturated rings. The molecule has 5 heteroatoms. The number of anilines is 1. The average molecular weight is 298 g/mol. The van der Waals surface area contributed by atoms with Crippen LogP contribution in [0.15, 0.2) is 16.7 Å². The van der Waals surface area contributed by atoms with Crippen LogP contribution in [-0.4, -0.2) is 29.5 Å². The molecule has 0 aromatic carbocycles. The van der Waals surface area contributed by atoms with E-state index in [1.807, 2.05) is 31.7 Å². The molecule has 1 aliphatic heterocycles. The van der Waals surface area contributed by atoms with Crippen molar-refractivity contribution in [3.63, 3.8) is 0 Å². The highest BCUT2D eigenvalue weighted by Gasteiger charge is 2.39. The normalized spacial score (nSPS) is 19.1. The number of carbonyl (C=O) groups is 1. The van der Waals surface area contributed by atoms with Crippen LogP contribution in [0.4, 0.5) is 5.82 Å². The topological polar surface area (TPSA) is 45.2 Å². The third kappa shape index (κ3) is 2.04. The molecule has 2 heterocycles. The van der Waals surface area contributed by atoms with Crippen molar-refractivity contribution in [2.24, 2.45) is 0 Å². The van der Waals surface area contributed by atoms with E-state index in [1.54, 1.807) is 6.20 Å². The van der Waals surface area contributed by atoms with Gasteiger partial charge in [0.25, 0.3) is 0 Å². The maximum absolute atomic E-state index is 11.9. The maximum atomic E-state index is 11.9. The van der Waals surface area contributed by atoms with Gasteiger partial charge in [-0.25, -0.2) is 4.98 Å². The molecule has 0 atom stereocenters. The number of hydrogen-bond acceptors (Lipinski definition) is 3. The van der Waals surface area contributed by atoms with Gasteiger partial charge in [0.05, 0.1) is 4.47 Å². The molecule has 0 unspecified atom stereocenters. The Morgan fingerprint density at radius 3 is 2.94 bits per heavy atom. The van der Waals surface area contributed by atoms with Crippen LogP contribution in [0.5, 0.6) is 0 Å². The summed E-state index contributed by atoms with van der Waals surface area (Å²) in [5, 5.41) is 2.88. The summed E-state index contributed by atoms with van der Waals surface area (Å²) < 4.78 is 0.961. The number of rotatable bonds is 1. The number of nitrogens with zero attached hydrogens (tertiary/aromatic N) is 2. The van der Waals surface area contributed by atoms with Crippen molar-refractivity contribution in [2.75, 3.05) is 18.0 Å². The lowest BCUT2D eigenvalue weighted by molar-refractivity contribution is -0.126. The first-order valence-electron chi connectivity index (χ1n) is 5.61. The van der Waals surface area contributed by atoms with Gasteiger partial charge in [-0.1, -0.05) is 0 Å². The second kappa shape index (κ2) is 4.29. The lowest BCUT2D eigenvalue weighted by atomic mass is 9.99. The van der Waals surface area contributed by atoms with Gasteiger partial charge in [0.1, 0.15) is 11.4 Å². The summed E-state index contributed by atoms with van der Waals surface area (Å²) in [6.45, 7) is 7.28. The van der Waals surface area contributed by atoms with Crippen LogP contribution in [-0.2, 0) is 4.79 Å². The van der Waals surface area contributed by atoms with Gasteiger partial charge in [-0.15, -0.1) is 0 Å². The molecule has 1 N–H and O–H groups in total. The fourth-order valence-corrected chi connectivity index (χ4v) is 2.43. The monoisotopic (exact) mass is 297 g/mol. The van der Waals surface area contributed by atoms with Crippen molar-refractivity contribution in [3.8, 4) is 0 Å². The van der Waals surface area contributed by atoms with E-state index in [4.69, 9.17) is 0 Å². The summed E-state index contributed by atoms with van der Waals surface area (Å²) in [6, 6.07) is 1.95. The standard InChI is InChI=1S/C12H16BrN3O/c1-8-4-5-14-10(9(8)13)16-7-6-15-11(17)12(16,2)3/h4-5H,6-7H2,1-3H3,(H,15,17). The molecule has 17 heavy (non-hydrogen) atoms. The van der Waals surface area contributed by atoms with Crippen LogP contribution in [0.3, 0.4) is 0 Å². The molecule has 1 aliphatic rings. The second-order valence-corrected chi connectivity index (χ2v) is 5.52. The molecular formula is C12H16BrN3O. The minimum absolute atomic E-state index is 0.0407. The number of piperazine rings is 1. The number of amides is 1. The predicted molar refractivity (Wildman–Crippen MR) is 71.1 cm³/mol. The predicted octanol–water partition coefficient (Wildman–Crippen LogP) is 1.87. The Labute approximate surface area is 110 Å². The number of pyridine rings is 1. The first-order chi connectivity index (χ1) is 7.94. The smallest absolute Gasteiger partial charge is 0.245 e. The number of aromatic nitrogens is 1. The average Bonchev–Trinajstić information content (AvgIpc) is 2.27. The van der Waals surface area contributed by atoms with Crippen molar-refractivity contribution >= 4 is 27.7 Å². The van der Waals surface area contributed by atoms with E-state index in [-0.39, 0.29) is 5.91 Å². The van der Waals surface area contributed by atoms with Crippen molar-refractivity contribution in [3.05, 3.63) is 22.3 Å². The Balaban J connectivity index is 2.45. The van der Waals surface area contributed by atoms with E-state index in [9.17, 15) is 4.79 Å². The SMILES string of the molecule is Cc1ccnc(N2CCNC(=O)C2(C)C)c1Br. The number of hydrogen-bond donors (Lipinski definition) is 1. The molecule has 2 rings (SSSR count). The van der Waals surface area contributed by atoms with E-state index in [1.165, 1.54) is 0 Å². The largest absolute Gasteiger partial charge is 0.352 e. The number of aryl methyl sites for hydroxylation is 1. The molecule has 1 amide bonds. The fraction of sp³-hybridized carbons (Fsp3) is 0.500. The molecule has 1 aromatic rings. The van der Waals surface area contributed by atoms with Gasteiger partial charge in [-0.05, 0) is 48.3 Å². The van der Waals surface area contributed by atoms with E-state index in [0.717, 1.165) is 22.4 Å². The summed E-state index contributed by atoms with van der Waals surface area (Å²) >= 11 is 3.55. The van der Waals surface area contributed by atoms with Crippen molar-refractivity contribution in [2.45, 2.75) is 26.3 Å². The quantitative estimate of drug-likeness (QED) is 0.861. The second-order valence-electron chi connectivity index (χ2n) is 4.73. The Kier molecular flexibility index (Phi) is 3.12. The molecule has 0 spiro atoms. The third-order valence-corrected chi connectivity index (χ3v) is 4.15. The Bertz CT molecular complexity index is 459. The van der Waals surface area contributed by atoms with Crippen LogP contribution in [0, 0.1) is 6.92 Å². The summed E-state index contributed by atoms with van der Waals surface area (Å²) in [4.78, 5) is 18.3. The van der Waals surface area contributed by atoms with Crippen molar-refractivity contribution in [1.82, 2.24) is 10.3 Å². The zero-order valence-electron chi connectivity index (χ0n) is 10.2. The molecule has 4 nitrogen and oxygen atoms in total. The number of nitrogens with one attached hydrogen (secondary N) is 1.